The fraction of sp³-hybridized carbons (Fsp3) is 0.333. The number of rotatable bonds is 10. The third-order valence-corrected chi connectivity index (χ3v) is 4.88. The van der Waals surface area contributed by atoms with Gasteiger partial charge < -0.3 is 9.84 Å². The van der Waals surface area contributed by atoms with Crippen molar-refractivity contribution in [2.24, 2.45) is 0 Å². The van der Waals surface area contributed by atoms with Crippen molar-refractivity contribution in [1.82, 2.24) is 9.97 Å². The van der Waals surface area contributed by atoms with Crippen molar-refractivity contribution in [2.45, 2.75) is 45.4 Å². The van der Waals surface area contributed by atoms with Gasteiger partial charge in [-0.15, -0.1) is 0 Å². The largest absolute Gasteiger partial charge is 0.505 e. The molecule has 0 fully saturated rings. The van der Waals surface area contributed by atoms with Crippen molar-refractivity contribution < 1.29 is 18.6 Å². The minimum absolute atomic E-state index is 0.240. The topological polar surface area (TPSA) is 55.2 Å². The highest BCUT2D eigenvalue weighted by Crippen LogP contribution is 2.27. The van der Waals surface area contributed by atoms with Crippen molar-refractivity contribution in [2.75, 3.05) is 6.61 Å². The van der Waals surface area contributed by atoms with E-state index in [-0.39, 0.29) is 5.75 Å². The van der Waals surface area contributed by atoms with Crippen LogP contribution in [0.25, 0.3) is 22.5 Å². The average Bonchev–Trinajstić information content (AvgIpc) is 2.76. The van der Waals surface area contributed by atoms with Gasteiger partial charge in [-0.3, -0.25) is 0 Å². The first-order valence-corrected chi connectivity index (χ1v) is 10.3. The quantitative estimate of drug-likeness (QED) is 0.385. The number of benzene rings is 2. The second kappa shape index (κ2) is 10.7. The highest BCUT2D eigenvalue weighted by Gasteiger charge is 2.09. The summed E-state index contributed by atoms with van der Waals surface area (Å²) in [6.07, 6.45) is 10.0. The molecule has 3 rings (SSSR count). The van der Waals surface area contributed by atoms with E-state index in [2.05, 4.69) is 16.9 Å². The van der Waals surface area contributed by atoms with Gasteiger partial charge in [0.05, 0.1) is 6.61 Å². The van der Waals surface area contributed by atoms with Crippen molar-refractivity contribution in [3.63, 3.8) is 0 Å². The Hall–Kier alpha value is -3.02. The van der Waals surface area contributed by atoms with Crippen molar-refractivity contribution >= 4 is 0 Å². The lowest BCUT2D eigenvalue weighted by atomic mass is 10.1. The van der Waals surface area contributed by atoms with Gasteiger partial charge in [-0.1, -0.05) is 45.1 Å². The van der Waals surface area contributed by atoms with Crippen LogP contribution < -0.4 is 4.74 Å². The maximum Gasteiger partial charge on any atom is 0.165 e. The van der Waals surface area contributed by atoms with Gasteiger partial charge in [-0.25, -0.2) is 18.7 Å². The monoisotopic (exact) mass is 412 g/mol. The molecule has 0 aliphatic carbocycles. The molecule has 4 nitrogen and oxygen atoms in total. The summed E-state index contributed by atoms with van der Waals surface area (Å²) < 4.78 is 33.5. The second-order valence-corrected chi connectivity index (χ2v) is 7.22. The maximum absolute atomic E-state index is 14.4. The Balaban J connectivity index is 1.59. The van der Waals surface area contributed by atoms with E-state index in [1.807, 2.05) is 0 Å². The molecule has 1 aromatic heterocycles. The lowest BCUT2D eigenvalue weighted by molar-refractivity contribution is 0.290. The highest BCUT2D eigenvalue weighted by molar-refractivity contribution is 5.65. The summed E-state index contributed by atoms with van der Waals surface area (Å²) in [5.41, 5.74) is 1.71. The van der Waals surface area contributed by atoms with Gasteiger partial charge in [0, 0.05) is 23.5 Å². The van der Waals surface area contributed by atoms with Gasteiger partial charge in [0.1, 0.15) is 0 Å². The molecule has 2 aromatic carbocycles. The molecule has 0 bridgehead atoms. The summed E-state index contributed by atoms with van der Waals surface area (Å²) in [7, 11) is 0. The van der Waals surface area contributed by atoms with Crippen LogP contribution >= 0.6 is 0 Å². The van der Waals surface area contributed by atoms with Crippen LogP contribution in [0.15, 0.2) is 48.8 Å². The van der Waals surface area contributed by atoms with E-state index in [0.29, 0.717) is 29.1 Å². The molecule has 0 saturated heterocycles. The van der Waals surface area contributed by atoms with Gasteiger partial charge in [-0.05, 0) is 42.3 Å². The Morgan fingerprint density at radius 1 is 0.800 bits per heavy atom. The number of aromatic hydroxyl groups is 1. The van der Waals surface area contributed by atoms with Crippen LogP contribution in [0.3, 0.4) is 0 Å². The first kappa shape index (κ1) is 21.7. The van der Waals surface area contributed by atoms with E-state index < -0.39 is 17.4 Å². The molecule has 0 amide bonds. The number of unbranched alkanes of at least 4 members (excludes halogenated alkanes) is 5. The Morgan fingerprint density at radius 2 is 1.47 bits per heavy atom. The average molecular weight is 412 g/mol. The molecule has 1 N–H and O–H groups in total. The summed E-state index contributed by atoms with van der Waals surface area (Å²) in [6.45, 7) is 2.69. The molecule has 30 heavy (non-hydrogen) atoms. The normalized spacial score (nSPS) is 10.9. The predicted molar refractivity (Wildman–Crippen MR) is 113 cm³/mol. The van der Waals surface area contributed by atoms with E-state index in [9.17, 15) is 13.9 Å². The minimum Gasteiger partial charge on any atom is -0.505 e. The fourth-order valence-corrected chi connectivity index (χ4v) is 3.13. The van der Waals surface area contributed by atoms with E-state index >= 15 is 0 Å². The molecule has 0 aliphatic rings. The molecule has 0 spiro atoms. The first-order valence-electron chi connectivity index (χ1n) is 10.3. The number of halogens is 2. The third-order valence-electron chi connectivity index (χ3n) is 4.88. The number of ether oxygens (including phenoxy) is 1. The third kappa shape index (κ3) is 5.75. The molecule has 1 heterocycles. The predicted octanol–water partition coefficient (Wildman–Crippen LogP) is 6.53. The summed E-state index contributed by atoms with van der Waals surface area (Å²) in [5, 5.41) is 9.28. The van der Waals surface area contributed by atoms with E-state index in [4.69, 9.17) is 4.74 Å². The Kier molecular flexibility index (Phi) is 7.71. The number of aromatic nitrogens is 2. The summed E-state index contributed by atoms with van der Waals surface area (Å²) in [6, 6.07) is 8.72. The SMILES string of the molecule is CCCCCCCCOc1ccc(-c2cnc(-c3ccc(O)c(F)c3)nc2)cc1F. The second-order valence-electron chi connectivity index (χ2n) is 7.22. The molecule has 3 aromatic rings. The highest BCUT2D eigenvalue weighted by atomic mass is 19.1. The van der Waals surface area contributed by atoms with E-state index in [1.54, 1.807) is 24.5 Å². The summed E-state index contributed by atoms with van der Waals surface area (Å²) in [4.78, 5) is 8.45. The van der Waals surface area contributed by atoms with E-state index in [0.717, 1.165) is 12.8 Å². The van der Waals surface area contributed by atoms with Gasteiger partial charge in [0.15, 0.2) is 29.0 Å². The zero-order chi connectivity index (χ0) is 21.3. The molecule has 0 radical (unpaired) electrons. The molecule has 0 unspecified atom stereocenters. The lowest BCUT2D eigenvalue weighted by Gasteiger charge is -2.09. The fourth-order valence-electron chi connectivity index (χ4n) is 3.13. The molecule has 0 saturated carbocycles. The van der Waals surface area contributed by atoms with Crippen LogP contribution in [0.1, 0.15) is 45.4 Å². The van der Waals surface area contributed by atoms with Gasteiger partial charge in [0.2, 0.25) is 0 Å². The molecular formula is C24H26F2N2O2. The molecule has 0 atom stereocenters. The molecule has 6 heteroatoms. The molecule has 158 valence electrons. The van der Waals surface area contributed by atoms with Crippen LogP contribution in [0.4, 0.5) is 8.78 Å². The van der Waals surface area contributed by atoms with Crippen LogP contribution in [0, 0.1) is 11.6 Å². The van der Waals surface area contributed by atoms with Gasteiger partial charge in [0.25, 0.3) is 0 Å². The smallest absolute Gasteiger partial charge is 0.165 e. The standard InChI is InChI=1S/C24H26F2N2O2/c1-2-3-4-5-6-7-12-30-23-11-9-17(13-21(23)26)19-15-27-24(28-16-19)18-8-10-22(29)20(25)14-18/h8-11,13-16,29H,2-7,12H2,1H3. The van der Waals surface area contributed by atoms with Crippen LogP contribution in [-0.2, 0) is 0 Å². The van der Waals surface area contributed by atoms with E-state index in [1.165, 1.54) is 49.9 Å². The first-order chi connectivity index (χ1) is 14.6. The van der Waals surface area contributed by atoms with Crippen molar-refractivity contribution in [3.8, 4) is 34.0 Å². The molecular weight excluding hydrogens is 386 g/mol. The Bertz CT molecular complexity index is 962. The number of phenols is 1. The zero-order valence-corrected chi connectivity index (χ0v) is 17.1. The number of hydrogen-bond donors (Lipinski definition) is 1. The van der Waals surface area contributed by atoms with Crippen LogP contribution in [0.5, 0.6) is 11.5 Å². The zero-order valence-electron chi connectivity index (χ0n) is 17.1. The maximum atomic E-state index is 14.4. The number of hydrogen-bond acceptors (Lipinski definition) is 4. The van der Waals surface area contributed by atoms with Gasteiger partial charge >= 0.3 is 0 Å². The van der Waals surface area contributed by atoms with Gasteiger partial charge in [-0.2, -0.15) is 0 Å². The summed E-state index contributed by atoms with van der Waals surface area (Å²) >= 11 is 0. The molecule has 0 aliphatic heterocycles. The Labute approximate surface area is 175 Å². The number of nitrogens with zero attached hydrogens (tertiary/aromatic N) is 2. The lowest BCUT2D eigenvalue weighted by Crippen LogP contribution is -1.99. The number of phenolic OH excluding ortho intramolecular Hbond substituents is 1. The minimum atomic E-state index is -0.737. The Morgan fingerprint density at radius 3 is 2.17 bits per heavy atom. The van der Waals surface area contributed by atoms with Crippen LogP contribution in [0.2, 0.25) is 0 Å². The van der Waals surface area contributed by atoms with Crippen LogP contribution in [-0.4, -0.2) is 21.7 Å². The summed E-state index contributed by atoms with van der Waals surface area (Å²) in [5.74, 6) is -1.03. The van der Waals surface area contributed by atoms with Crippen molar-refractivity contribution in [1.29, 1.82) is 0 Å². The van der Waals surface area contributed by atoms with Crippen molar-refractivity contribution in [3.05, 3.63) is 60.4 Å².